The number of hydrogen-bond donors (Lipinski definition) is 1. The minimum Gasteiger partial charge on any atom is -0.497 e. The molecule has 1 aromatic rings. The van der Waals surface area contributed by atoms with Crippen LogP contribution in [0.4, 0.5) is 0 Å². The second-order valence-corrected chi connectivity index (χ2v) is 5.54. The summed E-state index contributed by atoms with van der Waals surface area (Å²) in [5, 5.41) is 3.56. The molecule has 0 heterocycles. The maximum Gasteiger partial charge on any atom is 0.119 e. The lowest BCUT2D eigenvalue weighted by molar-refractivity contribution is 0.170. The molecule has 0 radical (unpaired) electrons. The fraction of sp³-hybridized carbons (Fsp3) is 0.600. The Labute approximate surface area is 124 Å². The van der Waals surface area contributed by atoms with E-state index in [1.807, 2.05) is 12.1 Å². The van der Waals surface area contributed by atoms with Gasteiger partial charge in [-0.05, 0) is 42.6 Å². The summed E-state index contributed by atoms with van der Waals surface area (Å²) in [5.74, 6) is 1.38. The molecule has 0 fully saturated rings. The van der Waals surface area contributed by atoms with Crippen molar-refractivity contribution in [1.29, 1.82) is 0 Å². The van der Waals surface area contributed by atoms with Crippen LogP contribution in [0.1, 0.15) is 31.9 Å². The molecule has 0 aromatic heterocycles. The minimum absolute atomic E-state index is 0.296. The number of halogens is 1. The third kappa shape index (κ3) is 4.79. The lowest BCUT2D eigenvalue weighted by Gasteiger charge is -2.26. The predicted molar refractivity (Wildman–Crippen MR) is 82.8 cm³/mol. The molecule has 0 bridgehead atoms. The van der Waals surface area contributed by atoms with Gasteiger partial charge in [0.05, 0.1) is 7.11 Å². The highest BCUT2D eigenvalue weighted by atomic mass is 79.9. The van der Waals surface area contributed by atoms with Crippen LogP contribution < -0.4 is 10.1 Å². The number of rotatable bonds is 8. The van der Waals surface area contributed by atoms with E-state index in [0.717, 1.165) is 29.8 Å². The smallest absolute Gasteiger partial charge is 0.119 e. The molecule has 0 saturated carbocycles. The Hall–Kier alpha value is -0.580. The molecule has 0 amide bonds. The van der Waals surface area contributed by atoms with Gasteiger partial charge in [0.2, 0.25) is 0 Å². The van der Waals surface area contributed by atoms with Gasteiger partial charge in [-0.25, -0.2) is 0 Å². The van der Waals surface area contributed by atoms with Crippen molar-refractivity contribution in [3.63, 3.8) is 0 Å². The first kappa shape index (κ1) is 16.5. The lowest BCUT2D eigenvalue weighted by Crippen LogP contribution is -2.28. The first-order valence-corrected chi connectivity index (χ1v) is 7.49. The van der Waals surface area contributed by atoms with Crippen molar-refractivity contribution in [2.75, 3.05) is 27.4 Å². The van der Waals surface area contributed by atoms with Crippen LogP contribution in [-0.4, -0.2) is 27.4 Å². The number of benzene rings is 1. The molecule has 0 spiro atoms. The van der Waals surface area contributed by atoms with Gasteiger partial charge in [0.25, 0.3) is 0 Å². The van der Waals surface area contributed by atoms with Crippen LogP contribution in [0, 0.1) is 5.92 Å². The highest BCUT2D eigenvalue weighted by Gasteiger charge is 2.21. The summed E-state index contributed by atoms with van der Waals surface area (Å²) in [5.41, 5.74) is 1.24. The zero-order valence-corrected chi connectivity index (χ0v) is 13.8. The summed E-state index contributed by atoms with van der Waals surface area (Å²) in [4.78, 5) is 0. The van der Waals surface area contributed by atoms with Gasteiger partial charge in [0, 0.05) is 24.2 Å². The Bertz CT molecular complexity index is 384. The molecular formula is C15H24BrNO2. The molecule has 0 aliphatic rings. The fourth-order valence-corrected chi connectivity index (χ4v) is 2.69. The second-order valence-electron chi connectivity index (χ2n) is 4.68. The normalized spacial score (nSPS) is 14.2. The fourth-order valence-electron chi connectivity index (χ4n) is 2.20. The van der Waals surface area contributed by atoms with E-state index in [1.54, 1.807) is 14.2 Å². The summed E-state index contributed by atoms with van der Waals surface area (Å²) in [7, 11) is 3.44. The number of hydrogen-bond acceptors (Lipinski definition) is 3. The molecule has 3 nitrogen and oxygen atoms in total. The van der Waals surface area contributed by atoms with Crippen LogP contribution in [0.15, 0.2) is 22.7 Å². The third-order valence-electron chi connectivity index (χ3n) is 3.31. The van der Waals surface area contributed by atoms with Gasteiger partial charge in [-0.2, -0.15) is 0 Å². The summed E-state index contributed by atoms with van der Waals surface area (Å²) < 4.78 is 11.6. The van der Waals surface area contributed by atoms with Gasteiger partial charge in [-0.15, -0.1) is 0 Å². The SMILES string of the molecule is CCNC(c1cc(OC)ccc1Br)C(C)CCOC. The molecule has 0 aliphatic carbocycles. The third-order valence-corrected chi connectivity index (χ3v) is 4.03. The Kier molecular flexibility index (Phi) is 7.42. The molecule has 1 rings (SSSR count). The van der Waals surface area contributed by atoms with E-state index in [4.69, 9.17) is 9.47 Å². The van der Waals surface area contributed by atoms with Gasteiger partial charge in [0.1, 0.15) is 5.75 Å². The highest BCUT2D eigenvalue weighted by Crippen LogP contribution is 2.33. The molecule has 1 N–H and O–H groups in total. The molecule has 2 atom stereocenters. The van der Waals surface area contributed by atoms with Crippen molar-refractivity contribution >= 4 is 15.9 Å². The van der Waals surface area contributed by atoms with E-state index in [9.17, 15) is 0 Å². The molecular weight excluding hydrogens is 306 g/mol. The van der Waals surface area contributed by atoms with E-state index < -0.39 is 0 Å². The largest absolute Gasteiger partial charge is 0.497 e. The maximum absolute atomic E-state index is 5.33. The zero-order valence-electron chi connectivity index (χ0n) is 12.2. The molecule has 19 heavy (non-hydrogen) atoms. The quantitative estimate of drug-likeness (QED) is 0.787. The van der Waals surface area contributed by atoms with Crippen LogP contribution in [0.25, 0.3) is 0 Å². The van der Waals surface area contributed by atoms with E-state index in [0.29, 0.717) is 12.0 Å². The van der Waals surface area contributed by atoms with Gasteiger partial charge in [-0.1, -0.05) is 29.8 Å². The monoisotopic (exact) mass is 329 g/mol. The number of ether oxygens (including phenoxy) is 2. The van der Waals surface area contributed by atoms with Gasteiger partial charge < -0.3 is 14.8 Å². The Balaban J connectivity index is 2.96. The van der Waals surface area contributed by atoms with Crippen LogP contribution >= 0.6 is 15.9 Å². The summed E-state index contributed by atoms with van der Waals surface area (Å²) >= 11 is 3.64. The first-order chi connectivity index (χ1) is 9.13. The summed E-state index contributed by atoms with van der Waals surface area (Å²) in [6.45, 7) is 6.10. The van der Waals surface area contributed by atoms with E-state index in [1.165, 1.54) is 5.56 Å². The molecule has 4 heteroatoms. The lowest BCUT2D eigenvalue weighted by atomic mass is 9.92. The molecule has 0 saturated heterocycles. The van der Waals surface area contributed by atoms with Crippen molar-refractivity contribution in [3.8, 4) is 5.75 Å². The van der Waals surface area contributed by atoms with Crippen LogP contribution in [0.3, 0.4) is 0 Å². The van der Waals surface area contributed by atoms with E-state index in [2.05, 4.69) is 41.2 Å². The van der Waals surface area contributed by atoms with E-state index >= 15 is 0 Å². The maximum atomic E-state index is 5.33. The summed E-state index contributed by atoms with van der Waals surface area (Å²) in [6, 6.07) is 6.41. The summed E-state index contributed by atoms with van der Waals surface area (Å²) in [6.07, 6.45) is 1.03. The zero-order chi connectivity index (χ0) is 14.3. The number of methoxy groups -OCH3 is 2. The van der Waals surface area contributed by atoms with Crippen LogP contribution in [0.2, 0.25) is 0 Å². The molecule has 2 unspecified atom stereocenters. The topological polar surface area (TPSA) is 30.5 Å². The Morgan fingerprint density at radius 2 is 2.05 bits per heavy atom. The number of nitrogens with one attached hydrogen (secondary N) is 1. The first-order valence-electron chi connectivity index (χ1n) is 6.69. The van der Waals surface area contributed by atoms with Gasteiger partial charge in [-0.3, -0.25) is 0 Å². The van der Waals surface area contributed by atoms with Crippen LogP contribution in [-0.2, 0) is 4.74 Å². The average molecular weight is 330 g/mol. The van der Waals surface area contributed by atoms with Gasteiger partial charge >= 0.3 is 0 Å². The van der Waals surface area contributed by atoms with Crippen molar-refractivity contribution in [1.82, 2.24) is 5.32 Å². The molecule has 0 aliphatic heterocycles. The van der Waals surface area contributed by atoms with Crippen molar-refractivity contribution in [2.24, 2.45) is 5.92 Å². The van der Waals surface area contributed by atoms with E-state index in [-0.39, 0.29) is 0 Å². The van der Waals surface area contributed by atoms with Crippen LogP contribution in [0.5, 0.6) is 5.75 Å². The Morgan fingerprint density at radius 3 is 2.63 bits per heavy atom. The van der Waals surface area contributed by atoms with Crippen molar-refractivity contribution < 1.29 is 9.47 Å². The second kappa shape index (κ2) is 8.56. The molecule has 1 aromatic carbocycles. The average Bonchev–Trinajstić information content (AvgIpc) is 2.43. The van der Waals surface area contributed by atoms with Crippen molar-refractivity contribution in [3.05, 3.63) is 28.2 Å². The predicted octanol–water partition coefficient (Wildman–Crippen LogP) is 3.78. The standard InChI is InChI=1S/C15H24BrNO2/c1-5-17-15(11(2)8-9-18-3)13-10-12(19-4)6-7-14(13)16/h6-7,10-11,15,17H,5,8-9H2,1-4H3. The van der Waals surface area contributed by atoms with Crippen molar-refractivity contribution in [2.45, 2.75) is 26.3 Å². The Morgan fingerprint density at radius 1 is 1.32 bits per heavy atom. The minimum atomic E-state index is 0.296. The highest BCUT2D eigenvalue weighted by molar-refractivity contribution is 9.10. The molecule has 108 valence electrons. The van der Waals surface area contributed by atoms with Gasteiger partial charge in [0.15, 0.2) is 0 Å².